The van der Waals surface area contributed by atoms with E-state index in [0.29, 0.717) is 16.2 Å². The normalized spacial score (nSPS) is 12.7. The zero-order chi connectivity index (χ0) is 21.7. The Labute approximate surface area is 178 Å². The van der Waals surface area contributed by atoms with Crippen molar-refractivity contribution in [3.8, 4) is 6.07 Å². The van der Waals surface area contributed by atoms with Gasteiger partial charge in [0.25, 0.3) is 5.91 Å². The molecule has 30 heavy (non-hydrogen) atoms. The fraction of sp³-hybridized carbons (Fsp3) is 0.333. The van der Waals surface area contributed by atoms with Gasteiger partial charge in [-0.25, -0.2) is 4.79 Å². The van der Waals surface area contributed by atoms with Crippen LogP contribution in [0.4, 0.5) is 5.88 Å². The molecule has 1 aliphatic carbocycles. The number of rotatable bonds is 8. The Kier molecular flexibility index (Phi) is 6.79. The number of furan rings is 1. The molecule has 8 nitrogen and oxygen atoms in total. The highest BCUT2D eigenvalue weighted by molar-refractivity contribution is 8.00. The smallest absolute Gasteiger partial charge is 0.339 e. The average molecular weight is 427 g/mol. The predicted molar refractivity (Wildman–Crippen MR) is 110 cm³/mol. The molecule has 2 aromatic rings. The number of hydrogen-bond acceptors (Lipinski definition) is 7. The van der Waals surface area contributed by atoms with Crippen LogP contribution in [0.3, 0.4) is 0 Å². The second-order valence-electron chi connectivity index (χ2n) is 6.85. The maximum atomic E-state index is 12.4. The largest absolute Gasteiger partial charge is 0.452 e. The lowest BCUT2D eigenvalue weighted by Gasteiger charge is -2.09. The van der Waals surface area contributed by atoms with Crippen molar-refractivity contribution in [2.45, 2.75) is 37.6 Å². The summed E-state index contributed by atoms with van der Waals surface area (Å²) in [5.41, 5.74) is 1.15. The summed E-state index contributed by atoms with van der Waals surface area (Å²) in [7, 11) is 0. The van der Waals surface area contributed by atoms with Gasteiger partial charge < -0.3 is 14.5 Å². The second-order valence-corrected chi connectivity index (χ2v) is 7.87. The van der Waals surface area contributed by atoms with E-state index in [1.54, 1.807) is 38.1 Å². The van der Waals surface area contributed by atoms with Gasteiger partial charge in [-0.15, -0.1) is 11.8 Å². The van der Waals surface area contributed by atoms with Crippen molar-refractivity contribution in [1.29, 1.82) is 5.26 Å². The zero-order valence-corrected chi connectivity index (χ0v) is 17.4. The number of benzene rings is 1. The third kappa shape index (κ3) is 5.42. The Morgan fingerprint density at radius 3 is 2.67 bits per heavy atom. The van der Waals surface area contributed by atoms with E-state index in [4.69, 9.17) is 9.15 Å². The number of esters is 1. The average Bonchev–Trinajstić information content (AvgIpc) is 3.50. The summed E-state index contributed by atoms with van der Waals surface area (Å²) in [6, 6.07) is 8.99. The van der Waals surface area contributed by atoms with Crippen LogP contribution < -0.4 is 10.6 Å². The highest BCUT2D eigenvalue weighted by atomic mass is 32.2. The number of nitrogens with zero attached hydrogens (tertiary/aromatic N) is 1. The minimum absolute atomic E-state index is 0.0335. The van der Waals surface area contributed by atoms with Crippen LogP contribution in [-0.2, 0) is 14.3 Å². The molecule has 2 N–H and O–H groups in total. The molecule has 0 unspecified atom stereocenters. The first-order valence-electron chi connectivity index (χ1n) is 9.37. The number of aryl methyl sites for hydroxylation is 1. The van der Waals surface area contributed by atoms with Crippen molar-refractivity contribution < 1.29 is 23.5 Å². The van der Waals surface area contributed by atoms with Crippen molar-refractivity contribution in [2.75, 3.05) is 17.7 Å². The van der Waals surface area contributed by atoms with Crippen molar-refractivity contribution >= 4 is 35.4 Å². The molecular weight excluding hydrogens is 406 g/mol. The highest BCUT2D eigenvalue weighted by Gasteiger charge is 2.23. The Morgan fingerprint density at radius 2 is 1.97 bits per heavy atom. The molecule has 1 saturated carbocycles. The molecule has 0 saturated heterocycles. The van der Waals surface area contributed by atoms with Gasteiger partial charge in [0.15, 0.2) is 6.61 Å². The highest BCUT2D eigenvalue weighted by Crippen LogP contribution is 2.26. The first kappa shape index (κ1) is 21.5. The molecule has 0 radical (unpaired) electrons. The molecule has 1 heterocycles. The van der Waals surface area contributed by atoms with E-state index in [1.165, 1.54) is 11.8 Å². The third-order valence-corrected chi connectivity index (χ3v) is 5.57. The van der Waals surface area contributed by atoms with E-state index in [-0.39, 0.29) is 34.7 Å². The molecule has 1 fully saturated rings. The Morgan fingerprint density at radius 1 is 1.23 bits per heavy atom. The summed E-state index contributed by atoms with van der Waals surface area (Å²) in [6.45, 7) is 2.86. The maximum Gasteiger partial charge on any atom is 0.339 e. The molecule has 156 valence electrons. The summed E-state index contributed by atoms with van der Waals surface area (Å²) in [5.74, 6) is -0.634. The van der Waals surface area contributed by atoms with E-state index in [2.05, 4.69) is 10.6 Å². The predicted octanol–water partition coefficient (Wildman–Crippen LogP) is 2.93. The molecule has 2 amide bonds. The summed E-state index contributed by atoms with van der Waals surface area (Å²) in [5, 5.41) is 14.5. The van der Waals surface area contributed by atoms with E-state index in [9.17, 15) is 19.6 Å². The fourth-order valence-electron chi connectivity index (χ4n) is 2.62. The van der Waals surface area contributed by atoms with Gasteiger partial charge in [-0.05, 0) is 38.8 Å². The monoisotopic (exact) mass is 427 g/mol. The maximum absolute atomic E-state index is 12.4. The van der Waals surface area contributed by atoms with Crippen LogP contribution in [0, 0.1) is 25.2 Å². The van der Waals surface area contributed by atoms with Crippen molar-refractivity contribution in [1.82, 2.24) is 5.32 Å². The quantitative estimate of drug-likeness (QED) is 0.491. The van der Waals surface area contributed by atoms with Gasteiger partial charge in [0.2, 0.25) is 11.8 Å². The van der Waals surface area contributed by atoms with Crippen LogP contribution in [-0.4, -0.2) is 36.2 Å². The lowest BCUT2D eigenvalue weighted by Crippen LogP contribution is -2.27. The number of nitriles is 1. The van der Waals surface area contributed by atoms with Gasteiger partial charge in [0.05, 0.1) is 11.3 Å². The van der Waals surface area contributed by atoms with Gasteiger partial charge in [0, 0.05) is 16.5 Å². The van der Waals surface area contributed by atoms with Gasteiger partial charge in [0.1, 0.15) is 17.4 Å². The minimum atomic E-state index is -0.678. The summed E-state index contributed by atoms with van der Waals surface area (Å²) < 4.78 is 10.5. The van der Waals surface area contributed by atoms with Crippen molar-refractivity contribution in [2.24, 2.45) is 0 Å². The van der Waals surface area contributed by atoms with Gasteiger partial charge in [-0.3, -0.25) is 14.9 Å². The lowest BCUT2D eigenvalue weighted by molar-refractivity contribution is -0.119. The SMILES string of the molecule is Cc1oc(NC(=O)COC(=O)c2ccccc2SCC(=O)NC2CC2)c(C#N)c1C. The summed E-state index contributed by atoms with van der Waals surface area (Å²) >= 11 is 1.23. The molecule has 0 atom stereocenters. The number of nitrogens with one attached hydrogen (secondary N) is 2. The molecule has 1 aliphatic rings. The van der Waals surface area contributed by atoms with Crippen LogP contribution in [0.15, 0.2) is 33.6 Å². The summed E-state index contributed by atoms with van der Waals surface area (Å²) in [6.07, 6.45) is 2.02. The fourth-order valence-corrected chi connectivity index (χ4v) is 3.47. The summed E-state index contributed by atoms with van der Waals surface area (Å²) in [4.78, 5) is 37.1. The van der Waals surface area contributed by atoms with Crippen LogP contribution in [0.2, 0.25) is 0 Å². The molecule has 3 rings (SSSR count). The first-order chi connectivity index (χ1) is 14.4. The number of carbonyl (C=O) groups is 3. The van der Waals surface area contributed by atoms with Gasteiger partial charge in [-0.1, -0.05) is 12.1 Å². The van der Waals surface area contributed by atoms with E-state index < -0.39 is 18.5 Å². The first-order valence-corrected chi connectivity index (χ1v) is 10.4. The molecule has 1 aromatic heterocycles. The van der Waals surface area contributed by atoms with Crippen molar-refractivity contribution in [3.05, 3.63) is 46.7 Å². The number of amides is 2. The molecule has 9 heteroatoms. The van der Waals surface area contributed by atoms with Gasteiger partial charge in [-0.2, -0.15) is 5.26 Å². The molecule has 1 aromatic carbocycles. The van der Waals surface area contributed by atoms with Gasteiger partial charge >= 0.3 is 5.97 Å². The molecule has 0 aliphatic heterocycles. The standard InChI is InChI=1S/C21H21N3O5S/c1-12-13(2)29-20(16(12)9-22)24-18(25)10-28-21(27)15-5-3-4-6-17(15)30-11-19(26)23-14-7-8-14/h3-6,14H,7-8,10-11H2,1-2H3,(H,23,26)(H,24,25). The number of carbonyl (C=O) groups excluding carboxylic acids is 3. The topological polar surface area (TPSA) is 121 Å². The van der Waals surface area contributed by atoms with E-state index in [1.807, 2.05) is 6.07 Å². The zero-order valence-electron chi connectivity index (χ0n) is 16.6. The minimum Gasteiger partial charge on any atom is -0.452 e. The van der Waals surface area contributed by atoms with E-state index in [0.717, 1.165) is 12.8 Å². The number of anilines is 1. The van der Waals surface area contributed by atoms with Crippen LogP contribution >= 0.6 is 11.8 Å². The molecular formula is C21H21N3O5S. The Hall–Kier alpha value is -3.25. The molecule has 0 bridgehead atoms. The molecule has 0 spiro atoms. The number of hydrogen-bond donors (Lipinski definition) is 2. The second kappa shape index (κ2) is 9.50. The van der Waals surface area contributed by atoms with Crippen LogP contribution in [0.1, 0.15) is 40.1 Å². The number of ether oxygens (including phenoxy) is 1. The third-order valence-electron chi connectivity index (χ3n) is 4.49. The Balaban J connectivity index is 1.55. The lowest BCUT2D eigenvalue weighted by atomic mass is 10.2. The number of thioether (sulfide) groups is 1. The van der Waals surface area contributed by atoms with Crippen LogP contribution in [0.5, 0.6) is 0 Å². The van der Waals surface area contributed by atoms with Crippen molar-refractivity contribution in [3.63, 3.8) is 0 Å². The Bertz CT molecular complexity index is 1020. The van der Waals surface area contributed by atoms with E-state index >= 15 is 0 Å². The van der Waals surface area contributed by atoms with Crippen LogP contribution in [0.25, 0.3) is 0 Å².